The third-order valence-corrected chi connectivity index (χ3v) is 7.00. The first kappa shape index (κ1) is 20.6. The molecule has 158 valence electrons. The van der Waals surface area contributed by atoms with Crippen LogP contribution in [-0.2, 0) is 28.9 Å². The molecule has 3 heterocycles. The molecule has 30 heavy (non-hydrogen) atoms. The number of hydrogen-bond acceptors (Lipinski definition) is 9. The Labute approximate surface area is 181 Å². The Hall–Kier alpha value is -2.66. The second kappa shape index (κ2) is 9.00. The standard InChI is InChI=1S/C19H21N5O4S2/c1-11-5-6-13-14(8-11)30-17(16(13)18(26)27-2)20-15(25)10-29-19-21-22-23-24(19)9-12-4-3-7-28-12/h3-4,7,11H,5-6,8-10H2,1-2H3,(H,20,25)/t11-/m1/s1. The zero-order valence-electron chi connectivity index (χ0n) is 16.6. The van der Waals surface area contributed by atoms with Gasteiger partial charge in [-0.25, -0.2) is 9.48 Å². The van der Waals surface area contributed by atoms with Gasteiger partial charge < -0.3 is 14.5 Å². The third kappa shape index (κ3) is 4.41. The minimum Gasteiger partial charge on any atom is -0.467 e. The lowest BCUT2D eigenvalue weighted by atomic mass is 9.88. The van der Waals surface area contributed by atoms with Crippen LogP contribution in [0.15, 0.2) is 28.0 Å². The predicted molar refractivity (Wildman–Crippen MR) is 112 cm³/mol. The molecule has 0 unspecified atom stereocenters. The maximum atomic E-state index is 12.6. The van der Waals surface area contributed by atoms with E-state index in [1.54, 1.807) is 17.0 Å². The number of rotatable bonds is 7. The third-order valence-electron chi connectivity index (χ3n) is 4.87. The van der Waals surface area contributed by atoms with E-state index >= 15 is 0 Å². The minimum atomic E-state index is -0.410. The SMILES string of the molecule is COC(=O)c1c(NC(=O)CSc2nnnn2Cc2ccco2)sc2c1CC[C@@H](C)C2. The molecule has 1 N–H and O–H groups in total. The van der Waals surface area contributed by atoms with E-state index in [1.807, 2.05) is 6.07 Å². The quantitative estimate of drug-likeness (QED) is 0.434. The van der Waals surface area contributed by atoms with E-state index in [9.17, 15) is 9.59 Å². The largest absolute Gasteiger partial charge is 0.467 e. The fourth-order valence-corrected chi connectivity index (χ4v) is 5.49. The van der Waals surface area contributed by atoms with Gasteiger partial charge in [0, 0.05) is 4.88 Å². The van der Waals surface area contributed by atoms with Gasteiger partial charge in [-0.1, -0.05) is 18.7 Å². The van der Waals surface area contributed by atoms with Crippen molar-refractivity contribution in [2.24, 2.45) is 5.92 Å². The average Bonchev–Trinajstić information content (AvgIpc) is 3.46. The Kier molecular flexibility index (Phi) is 6.18. The molecular formula is C19H21N5O4S2. The molecule has 9 nitrogen and oxygen atoms in total. The zero-order chi connectivity index (χ0) is 21.1. The molecule has 0 radical (unpaired) electrons. The predicted octanol–water partition coefficient (Wildman–Crippen LogP) is 3.02. The first-order valence-electron chi connectivity index (χ1n) is 9.49. The van der Waals surface area contributed by atoms with Crippen molar-refractivity contribution in [3.63, 3.8) is 0 Å². The molecule has 3 aromatic heterocycles. The smallest absolute Gasteiger partial charge is 0.341 e. The molecule has 0 saturated carbocycles. The van der Waals surface area contributed by atoms with Crippen molar-refractivity contribution in [1.82, 2.24) is 20.2 Å². The number of esters is 1. The summed E-state index contributed by atoms with van der Waals surface area (Å²) in [5.41, 5.74) is 1.50. The number of thioether (sulfide) groups is 1. The summed E-state index contributed by atoms with van der Waals surface area (Å²) in [5.74, 6) is 0.748. The maximum absolute atomic E-state index is 12.6. The lowest BCUT2D eigenvalue weighted by Gasteiger charge is -2.18. The lowest BCUT2D eigenvalue weighted by Crippen LogP contribution is -2.17. The van der Waals surface area contributed by atoms with Gasteiger partial charge in [0.05, 0.1) is 24.7 Å². The van der Waals surface area contributed by atoms with Crippen LogP contribution in [0.5, 0.6) is 0 Å². The van der Waals surface area contributed by atoms with E-state index in [0.29, 0.717) is 28.2 Å². The first-order chi connectivity index (χ1) is 14.5. The number of hydrogen-bond donors (Lipinski definition) is 1. The molecule has 11 heteroatoms. The van der Waals surface area contributed by atoms with Gasteiger partial charge in [0.1, 0.15) is 17.3 Å². The molecule has 0 saturated heterocycles. The first-order valence-corrected chi connectivity index (χ1v) is 11.3. The van der Waals surface area contributed by atoms with E-state index in [-0.39, 0.29) is 11.7 Å². The van der Waals surface area contributed by atoms with Crippen molar-refractivity contribution >= 4 is 40.0 Å². The van der Waals surface area contributed by atoms with Crippen molar-refractivity contribution in [2.45, 2.75) is 37.9 Å². The van der Waals surface area contributed by atoms with Crippen LogP contribution in [0.3, 0.4) is 0 Å². The van der Waals surface area contributed by atoms with E-state index in [4.69, 9.17) is 9.15 Å². The number of aromatic nitrogens is 4. The Bertz CT molecular complexity index is 1040. The molecule has 0 spiro atoms. The molecule has 3 aromatic rings. The molecule has 0 aliphatic heterocycles. The zero-order valence-corrected chi connectivity index (χ0v) is 18.2. The Morgan fingerprint density at radius 3 is 3.10 bits per heavy atom. The van der Waals surface area contributed by atoms with Crippen LogP contribution >= 0.6 is 23.1 Å². The fraction of sp³-hybridized carbons (Fsp3) is 0.421. The highest BCUT2D eigenvalue weighted by molar-refractivity contribution is 7.99. The number of anilines is 1. The van der Waals surface area contributed by atoms with Crippen molar-refractivity contribution < 1.29 is 18.7 Å². The summed E-state index contributed by atoms with van der Waals surface area (Å²) in [7, 11) is 1.36. The highest BCUT2D eigenvalue weighted by Crippen LogP contribution is 2.40. The van der Waals surface area contributed by atoms with Gasteiger partial charge in [-0.2, -0.15) is 0 Å². The fourth-order valence-electron chi connectivity index (χ4n) is 3.40. The summed E-state index contributed by atoms with van der Waals surface area (Å²) < 4.78 is 11.9. The molecule has 4 rings (SSSR count). The van der Waals surface area contributed by atoms with Crippen LogP contribution in [-0.4, -0.2) is 44.9 Å². The van der Waals surface area contributed by atoms with Crippen molar-refractivity contribution in [1.29, 1.82) is 0 Å². The molecule has 1 aliphatic rings. The number of tetrazole rings is 1. The number of fused-ring (bicyclic) bond motifs is 1. The van der Waals surface area contributed by atoms with Crippen LogP contribution < -0.4 is 5.32 Å². The maximum Gasteiger partial charge on any atom is 0.341 e. The Balaban J connectivity index is 1.44. The number of amides is 1. The van der Waals surface area contributed by atoms with Gasteiger partial charge >= 0.3 is 5.97 Å². The monoisotopic (exact) mass is 447 g/mol. The molecule has 0 bridgehead atoms. The van der Waals surface area contributed by atoms with E-state index < -0.39 is 5.97 Å². The van der Waals surface area contributed by atoms with Crippen LogP contribution in [0.4, 0.5) is 5.00 Å². The summed E-state index contributed by atoms with van der Waals surface area (Å²) in [6.07, 6.45) is 4.34. The van der Waals surface area contributed by atoms with Crippen LogP contribution in [0.2, 0.25) is 0 Å². The minimum absolute atomic E-state index is 0.109. The van der Waals surface area contributed by atoms with Gasteiger partial charge in [0.2, 0.25) is 11.1 Å². The number of carbonyl (C=O) groups excluding carboxylic acids is 2. The van der Waals surface area contributed by atoms with Crippen molar-refractivity contribution in [2.75, 3.05) is 18.2 Å². The molecule has 1 aliphatic carbocycles. The molecular weight excluding hydrogens is 426 g/mol. The van der Waals surface area contributed by atoms with Gasteiger partial charge in [0.25, 0.3) is 0 Å². The molecule has 0 fully saturated rings. The van der Waals surface area contributed by atoms with Gasteiger partial charge in [0.15, 0.2) is 0 Å². The summed E-state index contributed by atoms with van der Waals surface area (Å²) in [6, 6.07) is 3.62. The normalized spacial score (nSPS) is 15.6. The highest BCUT2D eigenvalue weighted by Gasteiger charge is 2.29. The number of thiophene rings is 1. The molecule has 1 amide bonds. The second-order valence-corrected chi connectivity index (χ2v) is 9.13. The number of carbonyl (C=O) groups is 2. The van der Waals surface area contributed by atoms with Crippen molar-refractivity contribution in [3.8, 4) is 0 Å². The number of nitrogens with one attached hydrogen (secondary N) is 1. The average molecular weight is 448 g/mol. The number of methoxy groups -OCH3 is 1. The Morgan fingerprint density at radius 1 is 1.47 bits per heavy atom. The highest BCUT2D eigenvalue weighted by atomic mass is 32.2. The van der Waals surface area contributed by atoms with E-state index in [1.165, 1.54) is 30.2 Å². The van der Waals surface area contributed by atoms with Crippen LogP contribution in [0.1, 0.15) is 39.9 Å². The lowest BCUT2D eigenvalue weighted by molar-refractivity contribution is -0.113. The van der Waals surface area contributed by atoms with Crippen LogP contribution in [0.25, 0.3) is 0 Å². The number of furan rings is 1. The number of nitrogens with zero attached hydrogens (tertiary/aromatic N) is 4. The van der Waals surface area contributed by atoms with Gasteiger partial charge in [-0.15, -0.1) is 16.4 Å². The summed E-state index contributed by atoms with van der Waals surface area (Å²) in [6.45, 7) is 2.58. The summed E-state index contributed by atoms with van der Waals surface area (Å²) >= 11 is 2.69. The molecule has 0 aromatic carbocycles. The summed E-state index contributed by atoms with van der Waals surface area (Å²) in [5, 5.41) is 15.5. The van der Waals surface area contributed by atoms with E-state index in [0.717, 1.165) is 35.5 Å². The second-order valence-electron chi connectivity index (χ2n) is 7.08. The van der Waals surface area contributed by atoms with E-state index in [2.05, 4.69) is 27.8 Å². The van der Waals surface area contributed by atoms with Crippen molar-refractivity contribution in [3.05, 3.63) is 40.2 Å². The van der Waals surface area contributed by atoms with Gasteiger partial charge in [-0.3, -0.25) is 4.79 Å². The Morgan fingerprint density at radius 2 is 2.33 bits per heavy atom. The van der Waals surface area contributed by atoms with Gasteiger partial charge in [-0.05, 0) is 53.3 Å². The summed E-state index contributed by atoms with van der Waals surface area (Å²) in [4.78, 5) is 26.1. The number of ether oxygens (including phenoxy) is 1. The molecule has 1 atom stereocenters. The van der Waals surface area contributed by atoms with Crippen LogP contribution in [0, 0.1) is 5.92 Å². The topological polar surface area (TPSA) is 112 Å².